The lowest BCUT2D eigenvalue weighted by atomic mass is 10.0. The molecule has 0 spiro atoms. The first-order valence-corrected chi connectivity index (χ1v) is 8.10. The average Bonchev–Trinajstić information content (AvgIpc) is 3.11. The quantitative estimate of drug-likeness (QED) is 0.752. The molecule has 1 heterocycles. The highest BCUT2D eigenvalue weighted by Gasteiger charge is 2.13. The second-order valence-electron chi connectivity index (χ2n) is 5.91. The van der Waals surface area contributed by atoms with Crippen molar-refractivity contribution in [3.63, 3.8) is 0 Å². The van der Waals surface area contributed by atoms with Crippen LogP contribution in [0.3, 0.4) is 0 Å². The number of hydrogen-bond donors (Lipinski definition) is 1. The van der Waals surface area contributed by atoms with Crippen LogP contribution in [0.4, 0.5) is 4.39 Å². The molecule has 0 saturated carbocycles. The van der Waals surface area contributed by atoms with E-state index in [9.17, 15) is 9.18 Å². The van der Waals surface area contributed by atoms with Gasteiger partial charge in [0.05, 0.1) is 12.7 Å². The topological polar surface area (TPSA) is 59.8 Å². The number of aromatic nitrogens is 3. The number of nitrogens with zero attached hydrogens (tertiary/aromatic N) is 3. The molecular formula is C19H19FN4O. The van der Waals surface area contributed by atoms with E-state index < -0.39 is 0 Å². The third-order valence-corrected chi connectivity index (χ3v) is 4.00. The summed E-state index contributed by atoms with van der Waals surface area (Å²) in [5.41, 5.74) is 1.87. The smallest absolute Gasteiger partial charge is 0.273 e. The average molecular weight is 338 g/mol. The molecular weight excluding hydrogens is 319 g/mol. The van der Waals surface area contributed by atoms with Gasteiger partial charge in [0.25, 0.3) is 5.91 Å². The summed E-state index contributed by atoms with van der Waals surface area (Å²) in [7, 11) is 0. The minimum absolute atomic E-state index is 0.193. The molecule has 1 amide bonds. The summed E-state index contributed by atoms with van der Waals surface area (Å²) >= 11 is 0. The lowest BCUT2D eigenvalue weighted by molar-refractivity contribution is 0.0946. The molecule has 2 aromatic carbocycles. The summed E-state index contributed by atoms with van der Waals surface area (Å²) in [5.74, 6) is -0.401. The van der Waals surface area contributed by atoms with Gasteiger partial charge in [0.15, 0.2) is 5.69 Å². The highest BCUT2D eigenvalue weighted by Crippen LogP contribution is 2.13. The molecule has 128 valence electrons. The van der Waals surface area contributed by atoms with Gasteiger partial charge in [-0.15, -0.1) is 5.10 Å². The summed E-state index contributed by atoms with van der Waals surface area (Å²) in [5, 5.41) is 10.6. The second-order valence-corrected chi connectivity index (χ2v) is 5.91. The van der Waals surface area contributed by atoms with Crippen molar-refractivity contribution in [1.82, 2.24) is 20.3 Å². The van der Waals surface area contributed by atoms with Crippen molar-refractivity contribution in [2.24, 2.45) is 0 Å². The molecule has 1 aromatic heterocycles. The van der Waals surface area contributed by atoms with E-state index in [2.05, 4.69) is 15.6 Å². The third kappa shape index (κ3) is 4.29. The molecule has 3 aromatic rings. The van der Waals surface area contributed by atoms with Crippen LogP contribution in [0.2, 0.25) is 0 Å². The van der Waals surface area contributed by atoms with E-state index in [1.54, 1.807) is 18.2 Å². The predicted molar refractivity (Wildman–Crippen MR) is 92.7 cm³/mol. The Kier molecular flexibility index (Phi) is 5.18. The highest BCUT2D eigenvalue weighted by atomic mass is 19.1. The van der Waals surface area contributed by atoms with Crippen molar-refractivity contribution in [2.75, 3.05) is 6.54 Å². The maximum absolute atomic E-state index is 13.7. The van der Waals surface area contributed by atoms with Crippen molar-refractivity contribution in [3.05, 3.63) is 83.4 Å². The number of carbonyl (C=O) groups is 1. The Labute approximate surface area is 145 Å². The van der Waals surface area contributed by atoms with Gasteiger partial charge < -0.3 is 5.32 Å². The van der Waals surface area contributed by atoms with Crippen LogP contribution in [0.15, 0.2) is 60.8 Å². The van der Waals surface area contributed by atoms with Crippen LogP contribution < -0.4 is 5.32 Å². The maximum atomic E-state index is 13.7. The van der Waals surface area contributed by atoms with Crippen LogP contribution in [-0.4, -0.2) is 27.4 Å². The van der Waals surface area contributed by atoms with Gasteiger partial charge in [-0.3, -0.25) is 4.79 Å². The number of nitrogens with one attached hydrogen (secondary N) is 1. The number of rotatable bonds is 6. The van der Waals surface area contributed by atoms with Crippen LogP contribution >= 0.6 is 0 Å². The number of hydrogen-bond acceptors (Lipinski definition) is 3. The number of benzene rings is 2. The zero-order valence-electron chi connectivity index (χ0n) is 13.9. The van der Waals surface area contributed by atoms with E-state index in [0.717, 1.165) is 5.56 Å². The third-order valence-electron chi connectivity index (χ3n) is 4.00. The lowest BCUT2D eigenvalue weighted by Gasteiger charge is -2.12. The number of carbonyl (C=O) groups excluding carboxylic acids is 1. The van der Waals surface area contributed by atoms with Crippen molar-refractivity contribution in [3.8, 4) is 0 Å². The predicted octanol–water partition coefficient (Wildman–Crippen LogP) is 3.00. The van der Waals surface area contributed by atoms with Crippen LogP contribution in [0, 0.1) is 5.82 Å². The van der Waals surface area contributed by atoms with Gasteiger partial charge >= 0.3 is 0 Å². The van der Waals surface area contributed by atoms with Crippen LogP contribution in [0.1, 0.15) is 34.5 Å². The molecule has 0 aliphatic carbocycles. The Hall–Kier alpha value is -3.02. The summed E-state index contributed by atoms with van der Waals surface area (Å²) < 4.78 is 15.1. The molecule has 25 heavy (non-hydrogen) atoms. The van der Waals surface area contributed by atoms with Gasteiger partial charge in [-0.25, -0.2) is 9.07 Å². The summed E-state index contributed by atoms with van der Waals surface area (Å²) in [4.78, 5) is 12.2. The van der Waals surface area contributed by atoms with Gasteiger partial charge in [0.2, 0.25) is 0 Å². The van der Waals surface area contributed by atoms with Crippen LogP contribution in [-0.2, 0) is 6.54 Å². The van der Waals surface area contributed by atoms with Crippen molar-refractivity contribution in [1.29, 1.82) is 0 Å². The van der Waals surface area contributed by atoms with Gasteiger partial charge in [0.1, 0.15) is 5.82 Å². The van der Waals surface area contributed by atoms with Crippen LogP contribution in [0.5, 0.6) is 0 Å². The van der Waals surface area contributed by atoms with Crippen LogP contribution in [0.25, 0.3) is 0 Å². The Morgan fingerprint density at radius 2 is 1.88 bits per heavy atom. The normalized spacial score (nSPS) is 11.9. The molecule has 1 atom stereocenters. The second kappa shape index (κ2) is 7.70. The molecule has 6 heteroatoms. The fourth-order valence-electron chi connectivity index (χ4n) is 2.52. The first-order valence-electron chi connectivity index (χ1n) is 8.10. The Balaban J connectivity index is 1.58. The largest absolute Gasteiger partial charge is 0.350 e. The molecule has 0 aliphatic heterocycles. The summed E-state index contributed by atoms with van der Waals surface area (Å²) in [6, 6.07) is 16.4. The minimum atomic E-state index is -0.305. The molecule has 1 N–H and O–H groups in total. The molecule has 3 rings (SSSR count). The van der Waals surface area contributed by atoms with Crippen molar-refractivity contribution >= 4 is 5.91 Å². The van der Waals surface area contributed by atoms with E-state index in [1.807, 2.05) is 37.3 Å². The monoisotopic (exact) mass is 338 g/mol. The van der Waals surface area contributed by atoms with Gasteiger partial charge in [-0.2, -0.15) is 0 Å². The van der Waals surface area contributed by atoms with Gasteiger partial charge in [0, 0.05) is 12.1 Å². The SMILES string of the molecule is CC(CNC(=O)c1cn(Cc2ccccc2F)nn1)c1ccccc1. The fraction of sp³-hybridized carbons (Fsp3) is 0.211. The molecule has 0 radical (unpaired) electrons. The Bertz CT molecular complexity index is 847. The van der Waals surface area contributed by atoms with Gasteiger partial charge in [-0.05, 0) is 17.5 Å². The van der Waals surface area contributed by atoms with Gasteiger partial charge in [-0.1, -0.05) is 60.7 Å². The number of amides is 1. The summed E-state index contributed by atoms with van der Waals surface area (Å²) in [6.07, 6.45) is 1.52. The first kappa shape index (κ1) is 16.8. The lowest BCUT2D eigenvalue weighted by Crippen LogP contribution is -2.27. The fourth-order valence-corrected chi connectivity index (χ4v) is 2.52. The zero-order chi connectivity index (χ0) is 17.6. The molecule has 0 saturated heterocycles. The summed E-state index contributed by atoms with van der Waals surface area (Å²) in [6.45, 7) is 2.78. The van der Waals surface area contributed by atoms with E-state index >= 15 is 0 Å². The van der Waals surface area contributed by atoms with Crippen molar-refractivity contribution in [2.45, 2.75) is 19.4 Å². The van der Waals surface area contributed by atoms with E-state index in [1.165, 1.54) is 16.9 Å². The first-order chi connectivity index (χ1) is 12.1. The molecule has 1 unspecified atom stereocenters. The Morgan fingerprint density at radius 3 is 2.64 bits per heavy atom. The zero-order valence-corrected chi connectivity index (χ0v) is 13.9. The molecule has 5 nitrogen and oxygen atoms in total. The van der Waals surface area contributed by atoms with E-state index in [-0.39, 0.29) is 29.9 Å². The molecule has 0 aliphatic rings. The highest BCUT2D eigenvalue weighted by molar-refractivity contribution is 5.91. The minimum Gasteiger partial charge on any atom is -0.350 e. The Morgan fingerprint density at radius 1 is 1.16 bits per heavy atom. The van der Waals surface area contributed by atoms with Crippen molar-refractivity contribution < 1.29 is 9.18 Å². The number of halogens is 1. The molecule has 0 fully saturated rings. The standard InChI is InChI=1S/C19H19FN4O/c1-14(15-7-3-2-4-8-15)11-21-19(25)18-13-24(23-22-18)12-16-9-5-6-10-17(16)20/h2-10,13-14H,11-12H2,1H3,(H,21,25). The van der Waals surface area contributed by atoms with E-state index in [4.69, 9.17) is 0 Å². The molecule has 0 bridgehead atoms. The van der Waals surface area contributed by atoms with E-state index in [0.29, 0.717) is 12.1 Å². The maximum Gasteiger partial charge on any atom is 0.273 e.